The van der Waals surface area contributed by atoms with Gasteiger partial charge < -0.3 is 15.0 Å². The summed E-state index contributed by atoms with van der Waals surface area (Å²) in [5, 5.41) is 2.76. The first-order valence-electron chi connectivity index (χ1n) is 15.1. The molecule has 2 aromatic rings. The number of hydrogen-bond acceptors (Lipinski definition) is 4. The van der Waals surface area contributed by atoms with Gasteiger partial charge in [-0.3, -0.25) is 0 Å². The summed E-state index contributed by atoms with van der Waals surface area (Å²) < 4.78 is 126. The van der Waals surface area contributed by atoms with Crippen molar-refractivity contribution in [2.75, 3.05) is 24.7 Å². The molecule has 1 aliphatic heterocycles. The van der Waals surface area contributed by atoms with Crippen molar-refractivity contribution in [2.24, 2.45) is 11.8 Å². The molecule has 44 heavy (non-hydrogen) atoms. The Labute approximate surface area is 251 Å². The predicted molar refractivity (Wildman–Crippen MR) is 148 cm³/mol. The Morgan fingerprint density at radius 2 is 1.45 bits per heavy atom. The lowest BCUT2D eigenvalue weighted by Crippen LogP contribution is -2.39. The predicted octanol–water partition coefficient (Wildman–Crippen LogP) is 9.02. The highest BCUT2D eigenvalue weighted by molar-refractivity contribution is 5.51. The molecule has 0 amide bonds. The van der Waals surface area contributed by atoms with Crippen LogP contribution in [0.1, 0.15) is 86.1 Å². The van der Waals surface area contributed by atoms with Crippen LogP contribution in [-0.4, -0.2) is 30.8 Å². The number of nitrogens with zero attached hydrogens (tertiary/aromatic N) is 2. The zero-order valence-electron chi connectivity index (χ0n) is 24.5. The van der Waals surface area contributed by atoms with Gasteiger partial charge in [-0.25, -0.2) is 4.98 Å². The zero-order chi connectivity index (χ0) is 32.1. The fraction of sp³-hybridized carbons (Fsp3) is 0.645. The summed E-state index contributed by atoms with van der Waals surface area (Å²) in [6.07, 6.45) is -6.15. The van der Waals surface area contributed by atoms with Crippen molar-refractivity contribution in [1.29, 1.82) is 0 Å². The van der Waals surface area contributed by atoms with Gasteiger partial charge in [-0.1, -0.05) is 13.3 Å². The van der Waals surface area contributed by atoms with E-state index in [0.717, 1.165) is 76.8 Å². The van der Waals surface area contributed by atoms with Crippen LogP contribution in [0.5, 0.6) is 0 Å². The first kappa shape index (κ1) is 34.3. The van der Waals surface area contributed by atoms with Crippen LogP contribution < -0.4 is 10.2 Å². The summed E-state index contributed by atoms with van der Waals surface area (Å²) in [5.41, 5.74) is -3.98. The standard InChI is InChI=1S/C31H38F9N3O/c1-2-3-11-44-19-20-6-8-22(9-7-20)27-5-4-10-43(27)28-23(14-26(18-42-28)31(38,39)40)17-41-16-21-12-24(29(32,33)34)15-25(13-21)30(35,36)37/h12-15,18,20,22,27,41H,2-11,16-17,19H2,1H3/t20?,22?,27-/m1/s1. The molecule has 1 saturated carbocycles. The first-order valence-corrected chi connectivity index (χ1v) is 15.1. The van der Waals surface area contributed by atoms with Crippen molar-refractivity contribution in [3.8, 4) is 0 Å². The second kappa shape index (κ2) is 14.3. The quantitative estimate of drug-likeness (QED) is 0.197. The Bertz CT molecular complexity index is 1190. The topological polar surface area (TPSA) is 37.4 Å². The Kier molecular flexibility index (Phi) is 11.1. The molecule has 1 N–H and O–H groups in total. The number of nitrogens with one attached hydrogen (secondary N) is 1. The van der Waals surface area contributed by atoms with E-state index in [1.807, 2.05) is 4.90 Å². The molecular formula is C31H38F9N3O. The lowest BCUT2D eigenvalue weighted by atomic mass is 9.78. The van der Waals surface area contributed by atoms with E-state index in [1.54, 1.807) is 0 Å². The largest absolute Gasteiger partial charge is 0.417 e. The highest BCUT2D eigenvalue weighted by atomic mass is 19.4. The maximum absolute atomic E-state index is 13.6. The number of pyridine rings is 1. The first-order chi connectivity index (χ1) is 20.7. The molecule has 4 nitrogen and oxygen atoms in total. The summed E-state index contributed by atoms with van der Waals surface area (Å²) in [4.78, 5) is 6.25. The highest BCUT2D eigenvalue weighted by Gasteiger charge is 2.39. The number of hydrogen-bond donors (Lipinski definition) is 1. The van der Waals surface area contributed by atoms with Gasteiger partial charge >= 0.3 is 18.5 Å². The number of alkyl halides is 9. The third-order valence-corrected chi connectivity index (χ3v) is 8.56. The minimum absolute atomic E-state index is 0.0405. The van der Waals surface area contributed by atoms with E-state index in [-0.39, 0.29) is 29.8 Å². The smallest absolute Gasteiger partial charge is 0.381 e. The summed E-state index contributed by atoms with van der Waals surface area (Å²) in [7, 11) is 0. The van der Waals surface area contributed by atoms with Crippen LogP contribution >= 0.6 is 0 Å². The minimum Gasteiger partial charge on any atom is -0.381 e. The summed E-state index contributed by atoms with van der Waals surface area (Å²) in [6, 6.07) is 2.30. The van der Waals surface area contributed by atoms with E-state index in [4.69, 9.17) is 4.74 Å². The van der Waals surface area contributed by atoms with Crippen LogP contribution in [0.25, 0.3) is 0 Å². The lowest BCUT2D eigenvalue weighted by molar-refractivity contribution is -0.143. The normalized spacial score (nSPS) is 21.7. The van der Waals surface area contributed by atoms with Gasteiger partial charge in [0.25, 0.3) is 0 Å². The number of aromatic nitrogens is 1. The van der Waals surface area contributed by atoms with Gasteiger partial charge in [0.2, 0.25) is 0 Å². The molecule has 13 heteroatoms. The number of unbranched alkanes of at least 4 members (excludes halogenated alkanes) is 1. The molecule has 0 spiro atoms. The molecule has 4 rings (SSSR count). The SMILES string of the molecule is CCCCOCC1CCC([C@H]2CCCN2c2ncc(C(F)(F)F)cc2CNCc2cc(C(F)(F)F)cc(C(F)(F)F)c2)CC1. The molecule has 2 fully saturated rings. The number of anilines is 1. The number of ether oxygens (including phenoxy) is 1. The Morgan fingerprint density at radius 1 is 0.818 bits per heavy atom. The monoisotopic (exact) mass is 639 g/mol. The Balaban J connectivity index is 1.50. The number of benzene rings is 1. The van der Waals surface area contributed by atoms with Crippen LogP contribution in [0, 0.1) is 11.8 Å². The van der Waals surface area contributed by atoms with Crippen LogP contribution in [-0.2, 0) is 36.4 Å². The molecule has 1 atom stereocenters. The van der Waals surface area contributed by atoms with E-state index in [0.29, 0.717) is 36.3 Å². The molecule has 2 aliphatic rings. The van der Waals surface area contributed by atoms with Crippen LogP contribution in [0.2, 0.25) is 0 Å². The van der Waals surface area contributed by atoms with Gasteiger partial charge in [0.05, 0.1) is 16.7 Å². The van der Waals surface area contributed by atoms with Crippen LogP contribution in [0.4, 0.5) is 45.3 Å². The maximum atomic E-state index is 13.6. The highest BCUT2D eigenvalue weighted by Crippen LogP contribution is 2.41. The van der Waals surface area contributed by atoms with Gasteiger partial charge in [0, 0.05) is 50.7 Å². The molecule has 0 unspecified atom stereocenters. The zero-order valence-corrected chi connectivity index (χ0v) is 24.5. The van der Waals surface area contributed by atoms with E-state index in [2.05, 4.69) is 17.2 Å². The van der Waals surface area contributed by atoms with E-state index >= 15 is 0 Å². The molecule has 0 radical (unpaired) electrons. The minimum atomic E-state index is -5.00. The second-order valence-electron chi connectivity index (χ2n) is 11.8. The summed E-state index contributed by atoms with van der Waals surface area (Å²) in [6.45, 7) is 3.54. The van der Waals surface area contributed by atoms with Crippen LogP contribution in [0.15, 0.2) is 30.5 Å². The number of rotatable bonds is 11. The second-order valence-corrected chi connectivity index (χ2v) is 11.8. The Morgan fingerprint density at radius 3 is 2.05 bits per heavy atom. The van der Waals surface area contributed by atoms with E-state index in [9.17, 15) is 39.5 Å². The number of halogens is 9. The van der Waals surface area contributed by atoms with Crippen molar-refractivity contribution in [1.82, 2.24) is 10.3 Å². The molecular weight excluding hydrogens is 601 g/mol. The average Bonchev–Trinajstić information content (AvgIpc) is 3.44. The van der Waals surface area contributed by atoms with Gasteiger partial charge in [-0.2, -0.15) is 39.5 Å². The average molecular weight is 640 g/mol. The third kappa shape index (κ3) is 9.02. The van der Waals surface area contributed by atoms with E-state index in [1.165, 1.54) is 0 Å². The summed E-state index contributed by atoms with van der Waals surface area (Å²) >= 11 is 0. The third-order valence-electron chi connectivity index (χ3n) is 8.56. The fourth-order valence-corrected chi connectivity index (χ4v) is 6.29. The van der Waals surface area contributed by atoms with Gasteiger partial charge in [-0.15, -0.1) is 0 Å². The molecule has 1 aliphatic carbocycles. The van der Waals surface area contributed by atoms with Gasteiger partial charge in [-0.05, 0) is 86.6 Å². The molecule has 246 valence electrons. The molecule has 1 saturated heterocycles. The maximum Gasteiger partial charge on any atom is 0.417 e. The van der Waals surface area contributed by atoms with Crippen LogP contribution in [0.3, 0.4) is 0 Å². The molecule has 1 aromatic heterocycles. The van der Waals surface area contributed by atoms with Crippen molar-refractivity contribution in [3.63, 3.8) is 0 Å². The van der Waals surface area contributed by atoms with Crippen molar-refractivity contribution in [2.45, 2.75) is 96.0 Å². The van der Waals surface area contributed by atoms with Crippen molar-refractivity contribution < 1.29 is 44.3 Å². The van der Waals surface area contributed by atoms with Crippen molar-refractivity contribution >= 4 is 5.82 Å². The molecule has 1 aromatic carbocycles. The van der Waals surface area contributed by atoms with E-state index < -0.39 is 41.8 Å². The summed E-state index contributed by atoms with van der Waals surface area (Å²) in [5.74, 6) is 1.17. The van der Waals surface area contributed by atoms with Gasteiger partial charge in [0.1, 0.15) is 5.82 Å². The van der Waals surface area contributed by atoms with Gasteiger partial charge in [0.15, 0.2) is 0 Å². The Hall–Kier alpha value is -2.54. The lowest BCUT2D eigenvalue weighted by Gasteiger charge is -2.37. The van der Waals surface area contributed by atoms with Crippen molar-refractivity contribution in [3.05, 3.63) is 58.3 Å². The molecule has 0 bridgehead atoms. The molecule has 2 heterocycles. The fourth-order valence-electron chi connectivity index (χ4n) is 6.29.